The topological polar surface area (TPSA) is 0 Å². The van der Waals surface area contributed by atoms with Gasteiger partial charge in [0, 0.05) is 0 Å². The first kappa shape index (κ1) is 14.3. The quantitative estimate of drug-likeness (QED) is 0.640. The van der Waals surface area contributed by atoms with Crippen molar-refractivity contribution in [3.8, 4) is 0 Å². The minimum Gasteiger partial charge on any atom is -0.148 e. The summed E-state index contributed by atoms with van der Waals surface area (Å²) in [7, 11) is 0. The second-order valence-electron chi connectivity index (χ2n) is 3.58. The Balaban J connectivity index is 0.000000921. The maximum Gasteiger partial charge on any atom is -0.0209 e. The third-order valence-electron chi connectivity index (χ3n) is 2.22. The van der Waals surface area contributed by atoms with Crippen molar-refractivity contribution >= 4 is 18.7 Å². The first-order valence-corrected chi connectivity index (χ1v) is 5.90. The third kappa shape index (κ3) is 4.57. The lowest BCUT2D eigenvalue weighted by Crippen LogP contribution is -1.88. The van der Waals surface area contributed by atoms with Crippen LogP contribution in [0.3, 0.4) is 0 Å². The van der Waals surface area contributed by atoms with E-state index in [1.807, 2.05) is 20.8 Å². The van der Waals surface area contributed by atoms with E-state index in [4.69, 9.17) is 0 Å². The van der Waals surface area contributed by atoms with Crippen molar-refractivity contribution < 1.29 is 0 Å². The molecule has 0 spiro atoms. The molecule has 0 unspecified atom stereocenters. The Hall–Kier alpha value is -0.690. The highest BCUT2D eigenvalue weighted by molar-refractivity contribution is 7.84. The third-order valence-corrected chi connectivity index (χ3v) is 2.35. The molecule has 1 rings (SSSR count). The Labute approximate surface area is 99.8 Å². The molecule has 0 nitrogen and oxygen atoms in total. The zero-order valence-corrected chi connectivity index (χ0v) is 11.6. The second kappa shape index (κ2) is 6.73. The predicted molar refractivity (Wildman–Crippen MR) is 74.6 cm³/mol. The van der Waals surface area contributed by atoms with Gasteiger partial charge >= 0.3 is 0 Å². The number of hydrogen-bond acceptors (Lipinski definition) is 1. The Morgan fingerprint density at radius 1 is 1.13 bits per heavy atom. The number of aryl methyl sites for hydroxylation is 2. The normalized spacial score (nSPS) is 10.7. The Bertz CT molecular complexity index is 345. The van der Waals surface area contributed by atoms with E-state index in [0.717, 1.165) is 4.91 Å². The lowest BCUT2D eigenvalue weighted by Gasteiger charge is -2.07. The van der Waals surface area contributed by atoms with Gasteiger partial charge in [-0.3, -0.25) is 0 Å². The fourth-order valence-electron chi connectivity index (χ4n) is 1.45. The average Bonchev–Trinajstić information content (AvgIpc) is 2.16. The zero-order valence-electron chi connectivity index (χ0n) is 10.7. The van der Waals surface area contributed by atoms with Gasteiger partial charge in [-0.25, -0.2) is 0 Å². The summed E-state index contributed by atoms with van der Waals surface area (Å²) in [5.41, 5.74) is 5.29. The highest BCUT2D eigenvalue weighted by Gasteiger charge is 1.99. The van der Waals surface area contributed by atoms with Gasteiger partial charge in [0.1, 0.15) is 0 Å². The molecule has 1 aromatic rings. The van der Waals surface area contributed by atoms with E-state index in [-0.39, 0.29) is 0 Å². The van der Waals surface area contributed by atoms with E-state index in [9.17, 15) is 0 Å². The smallest absolute Gasteiger partial charge is 0.0209 e. The van der Waals surface area contributed by atoms with Crippen molar-refractivity contribution in [3.63, 3.8) is 0 Å². The van der Waals surface area contributed by atoms with Crippen molar-refractivity contribution in [1.29, 1.82) is 0 Å². The van der Waals surface area contributed by atoms with Crippen LogP contribution in [0.15, 0.2) is 17.0 Å². The van der Waals surface area contributed by atoms with Crippen LogP contribution < -0.4 is 0 Å². The van der Waals surface area contributed by atoms with Crippen molar-refractivity contribution in [2.45, 2.75) is 41.5 Å². The molecule has 0 aliphatic rings. The molecule has 1 aromatic carbocycles. The second-order valence-corrected chi connectivity index (χ2v) is 4.29. The zero-order chi connectivity index (χ0) is 12.0. The van der Waals surface area contributed by atoms with Crippen molar-refractivity contribution in [2.24, 2.45) is 0 Å². The van der Waals surface area contributed by atoms with Gasteiger partial charge in [-0.05, 0) is 55.4 Å². The first-order chi connectivity index (χ1) is 7.00. The van der Waals surface area contributed by atoms with Crippen LogP contribution in [-0.2, 0) is 0 Å². The van der Waals surface area contributed by atoms with Crippen LogP contribution >= 0.6 is 12.6 Å². The molecule has 0 bridgehead atoms. The Morgan fingerprint density at radius 3 is 2.13 bits per heavy atom. The molecule has 15 heavy (non-hydrogen) atoms. The van der Waals surface area contributed by atoms with Gasteiger partial charge in [-0.2, -0.15) is 0 Å². The molecular weight excluding hydrogens is 200 g/mol. The first-order valence-electron chi connectivity index (χ1n) is 5.46. The fourth-order valence-corrected chi connectivity index (χ4v) is 1.59. The Morgan fingerprint density at radius 2 is 1.67 bits per heavy atom. The molecule has 0 aliphatic heterocycles. The molecule has 0 saturated carbocycles. The van der Waals surface area contributed by atoms with Crippen LogP contribution in [0.5, 0.6) is 0 Å². The van der Waals surface area contributed by atoms with Crippen molar-refractivity contribution in [2.75, 3.05) is 0 Å². The summed E-state index contributed by atoms with van der Waals surface area (Å²) in [6.07, 6.45) is 2.11. The van der Waals surface area contributed by atoms with E-state index < -0.39 is 0 Å². The minimum absolute atomic E-state index is 1.05. The van der Waals surface area contributed by atoms with Crippen LogP contribution in [-0.4, -0.2) is 0 Å². The van der Waals surface area contributed by atoms with E-state index in [1.165, 1.54) is 22.3 Å². The number of benzene rings is 1. The molecule has 0 saturated heterocycles. The molecule has 0 fully saturated rings. The monoisotopic (exact) mass is 222 g/mol. The molecular formula is C14H22S. The molecule has 84 valence electrons. The van der Waals surface area contributed by atoms with E-state index in [1.54, 1.807) is 0 Å². The van der Waals surface area contributed by atoms with E-state index in [0.29, 0.717) is 0 Å². The number of rotatable bonds is 1. The standard InChI is InChI=1S/C12H16S.C2H6/c1-8-5-9(2)11(4)12(6-8)7-10(3)13;1-2/h5-7,13H,1-4H3;1-2H3/b10-7-;. The van der Waals surface area contributed by atoms with Crippen LogP contribution in [0.25, 0.3) is 6.08 Å². The molecule has 0 amide bonds. The van der Waals surface area contributed by atoms with Gasteiger partial charge in [-0.15, -0.1) is 12.6 Å². The predicted octanol–water partition coefficient (Wildman–Crippen LogP) is 4.93. The van der Waals surface area contributed by atoms with Crippen LogP contribution in [0, 0.1) is 20.8 Å². The summed E-state index contributed by atoms with van der Waals surface area (Å²) in [5.74, 6) is 0. The molecule has 0 radical (unpaired) electrons. The molecule has 0 N–H and O–H groups in total. The summed E-state index contributed by atoms with van der Waals surface area (Å²) in [6, 6.07) is 4.41. The summed E-state index contributed by atoms with van der Waals surface area (Å²) in [5, 5.41) is 0. The van der Waals surface area contributed by atoms with E-state index >= 15 is 0 Å². The van der Waals surface area contributed by atoms with Gasteiger partial charge in [0.25, 0.3) is 0 Å². The maximum absolute atomic E-state index is 4.29. The van der Waals surface area contributed by atoms with Crippen LogP contribution in [0.1, 0.15) is 43.0 Å². The van der Waals surface area contributed by atoms with Gasteiger partial charge in [0.05, 0.1) is 0 Å². The molecule has 0 aliphatic carbocycles. The maximum atomic E-state index is 4.29. The average molecular weight is 222 g/mol. The fraction of sp³-hybridized carbons (Fsp3) is 0.429. The van der Waals surface area contributed by atoms with Gasteiger partial charge in [0.15, 0.2) is 0 Å². The van der Waals surface area contributed by atoms with Crippen LogP contribution in [0.2, 0.25) is 0 Å². The molecule has 0 heterocycles. The summed E-state index contributed by atoms with van der Waals surface area (Å²) < 4.78 is 0. The lowest BCUT2D eigenvalue weighted by molar-refractivity contribution is 1.28. The summed E-state index contributed by atoms with van der Waals surface area (Å²) in [4.78, 5) is 1.05. The lowest BCUT2D eigenvalue weighted by atomic mass is 10.00. The summed E-state index contributed by atoms with van der Waals surface area (Å²) >= 11 is 4.29. The molecule has 1 heteroatoms. The number of thiol groups is 1. The highest BCUT2D eigenvalue weighted by atomic mass is 32.1. The largest absolute Gasteiger partial charge is 0.148 e. The minimum atomic E-state index is 1.05. The van der Waals surface area contributed by atoms with Gasteiger partial charge in [0.2, 0.25) is 0 Å². The summed E-state index contributed by atoms with van der Waals surface area (Å²) in [6.45, 7) is 12.4. The van der Waals surface area contributed by atoms with Crippen LogP contribution in [0.4, 0.5) is 0 Å². The SMILES string of the molecule is C/C(S)=C/c1cc(C)cc(C)c1C.CC. The van der Waals surface area contributed by atoms with Gasteiger partial charge in [-0.1, -0.05) is 31.5 Å². The number of allylic oxidation sites excluding steroid dienone is 1. The molecule has 0 aromatic heterocycles. The number of hydrogen-bond donors (Lipinski definition) is 1. The van der Waals surface area contributed by atoms with Crippen molar-refractivity contribution in [3.05, 3.63) is 39.3 Å². The van der Waals surface area contributed by atoms with E-state index in [2.05, 4.69) is 51.6 Å². The van der Waals surface area contributed by atoms with Gasteiger partial charge < -0.3 is 0 Å². The highest BCUT2D eigenvalue weighted by Crippen LogP contribution is 2.19. The Kier molecular flexibility index (Phi) is 6.42. The molecule has 0 atom stereocenters. The van der Waals surface area contributed by atoms with Crippen molar-refractivity contribution in [1.82, 2.24) is 0 Å².